The van der Waals surface area contributed by atoms with Gasteiger partial charge in [0.2, 0.25) is 0 Å². The summed E-state index contributed by atoms with van der Waals surface area (Å²) < 4.78 is 46.9. The number of hydrogen-bond acceptors (Lipinski definition) is 4. The smallest absolute Gasteiger partial charge is 0.422 e. The number of halogens is 3. The van der Waals surface area contributed by atoms with Crippen molar-refractivity contribution in [1.29, 1.82) is 0 Å². The van der Waals surface area contributed by atoms with Crippen molar-refractivity contribution >= 4 is 11.6 Å². The Morgan fingerprint density at radius 1 is 1.04 bits per heavy atom. The fraction of sp³-hybridized carbons (Fsp3) is 0.316. The first kappa shape index (κ1) is 20.6. The number of rotatable bonds is 9. The Hall–Kier alpha value is -2.74. The van der Waals surface area contributed by atoms with Crippen LogP contribution in [0.4, 0.5) is 18.9 Å². The van der Waals surface area contributed by atoms with E-state index in [0.717, 1.165) is 12.1 Å². The van der Waals surface area contributed by atoms with Crippen LogP contribution in [0, 0.1) is 0 Å². The molecule has 0 unspecified atom stereocenters. The van der Waals surface area contributed by atoms with Crippen molar-refractivity contribution in [2.75, 3.05) is 25.1 Å². The number of anilines is 1. The molecule has 2 N–H and O–H groups in total. The summed E-state index contributed by atoms with van der Waals surface area (Å²) in [5, 5.41) is 5.88. The molecular formula is C19H21F3N2O3. The molecule has 5 nitrogen and oxygen atoms in total. The van der Waals surface area contributed by atoms with Crippen LogP contribution in [0.25, 0.3) is 0 Å². The molecule has 8 heteroatoms. The number of para-hydroxylation sites is 2. The molecular weight excluding hydrogens is 361 g/mol. The monoisotopic (exact) mass is 382 g/mol. The van der Waals surface area contributed by atoms with Crippen LogP contribution in [0.1, 0.15) is 12.5 Å². The molecule has 0 bridgehead atoms. The highest BCUT2D eigenvalue weighted by Gasteiger charge is 2.29. The van der Waals surface area contributed by atoms with Crippen molar-refractivity contribution < 1.29 is 27.4 Å². The third-order valence-corrected chi connectivity index (χ3v) is 3.39. The van der Waals surface area contributed by atoms with Crippen LogP contribution in [-0.2, 0) is 11.3 Å². The molecule has 0 aromatic heterocycles. The lowest BCUT2D eigenvalue weighted by atomic mass is 10.2. The Kier molecular flexibility index (Phi) is 7.48. The van der Waals surface area contributed by atoms with Gasteiger partial charge in [-0.25, -0.2) is 0 Å². The van der Waals surface area contributed by atoms with Crippen molar-refractivity contribution in [3.8, 4) is 11.5 Å². The molecule has 0 atom stereocenters. The summed E-state index contributed by atoms with van der Waals surface area (Å²) in [7, 11) is 0. The second-order valence-corrected chi connectivity index (χ2v) is 5.67. The molecule has 2 aromatic carbocycles. The number of ether oxygens (including phenoxy) is 2. The molecule has 0 aliphatic carbocycles. The molecule has 0 fully saturated rings. The van der Waals surface area contributed by atoms with Crippen LogP contribution in [0.3, 0.4) is 0 Å². The molecule has 1 amide bonds. The lowest BCUT2D eigenvalue weighted by molar-refractivity contribution is -0.153. The van der Waals surface area contributed by atoms with E-state index in [1.165, 1.54) is 18.2 Å². The van der Waals surface area contributed by atoms with Crippen molar-refractivity contribution in [2.45, 2.75) is 19.6 Å². The molecule has 0 spiro atoms. The number of hydrogen-bond donors (Lipinski definition) is 2. The van der Waals surface area contributed by atoms with Gasteiger partial charge < -0.3 is 20.1 Å². The highest BCUT2D eigenvalue weighted by Crippen LogP contribution is 2.28. The number of nitrogens with one attached hydrogen (secondary N) is 2. The maximum atomic E-state index is 12.3. The Labute approximate surface area is 155 Å². The first-order valence-corrected chi connectivity index (χ1v) is 8.38. The minimum absolute atomic E-state index is 0.0674. The lowest BCUT2D eigenvalue weighted by Crippen LogP contribution is -2.22. The van der Waals surface area contributed by atoms with Gasteiger partial charge >= 0.3 is 6.18 Å². The minimum atomic E-state index is -4.46. The number of alkyl halides is 3. The van der Waals surface area contributed by atoms with Gasteiger partial charge in [-0.2, -0.15) is 13.2 Å². The van der Waals surface area contributed by atoms with Gasteiger partial charge in [-0.05, 0) is 36.4 Å². The van der Waals surface area contributed by atoms with Gasteiger partial charge in [0.05, 0.1) is 0 Å². The maximum absolute atomic E-state index is 12.3. The third kappa shape index (κ3) is 7.57. The molecule has 146 valence electrons. The zero-order valence-corrected chi connectivity index (χ0v) is 14.8. The summed E-state index contributed by atoms with van der Waals surface area (Å²) in [6.45, 7) is 1.72. The van der Waals surface area contributed by atoms with Gasteiger partial charge in [0.15, 0.2) is 24.7 Å². The first-order valence-electron chi connectivity index (χ1n) is 8.38. The lowest BCUT2D eigenvalue weighted by Gasteiger charge is -2.14. The van der Waals surface area contributed by atoms with Crippen molar-refractivity contribution in [3.05, 3.63) is 54.1 Å². The topological polar surface area (TPSA) is 59.6 Å². The second-order valence-electron chi connectivity index (χ2n) is 5.67. The largest absolute Gasteiger partial charge is 0.480 e. The third-order valence-electron chi connectivity index (χ3n) is 3.39. The summed E-state index contributed by atoms with van der Waals surface area (Å²) in [5.74, 6) is -0.436. The quantitative estimate of drug-likeness (QED) is 0.693. The second kappa shape index (κ2) is 9.82. The zero-order chi connectivity index (χ0) is 19.7. The fourth-order valence-electron chi connectivity index (χ4n) is 2.22. The van der Waals surface area contributed by atoms with E-state index in [0.29, 0.717) is 12.2 Å². The van der Waals surface area contributed by atoms with E-state index in [1.54, 1.807) is 12.1 Å². The summed E-state index contributed by atoms with van der Waals surface area (Å²) in [6, 6.07) is 13.2. The first-order chi connectivity index (χ1) is 12.9. The number of amides is 1. The molecule has 0 heterocycles. The Bertz CT molecular complexity index is 751. The van der Waals surface area contributed by atoms with Gasteiger partial charge in [0, 0.05) is 12.2 Å². The summed E-state index contributed by atoms with van der Waals surface area (Å²) in [6.07, 6.45) is -4.46. The standard InChI is InChI=1S/C19H21F3N2O3/c1-2-23-11-14-6-5-7-15(10-14)24-18(25)12-26-16-8-3-4-9-17(16)27-13-19(20,21)22/h3-10,23H,2,11-13H2,1H3,(H,24,25). The van der Waals surface area contributed by atoms with Gasteiger partial charge in [-0.3, -0.25) is 4.79 Å². The summed E-state index contributed by atoms with van der Waals surface area (Å²) >= 11 is 0. The molecule has 0 saturated carbocycles. The molecule has 2 rings (SSSR count). The predicted octanol–water partition coefficient (Wildman–Crippen LogP) is 3.75. The molecule has 0 saturated heterocycles. The van der Waals surface area contributed by atoms with Crippen LogP contribution in [0.2, 0.25) is 0 Å². The van der Waals surface area contributed by atoms with Crippen LogP contribution >= 0.6 is 0 Å². The van der Waals surface area contributed by atoms with Crippen molar-refractivity contribution in [2.24, 2.45) is 0 Å². The van der Waals surface area contributed by atoms with Crippen LogP contribution in [0.15, 0.2) is 48.5 Å². The van der Waals surface area contributed by atoms with E-state index in [2.05, 4.69) is 10.6 Å². The average molecular weight is 382 g/mol. The van der Waals surface area contributed by atoms with Crippen LogP contribution in [-0.4, -0.2) is 31.8 Å². The Morgan fingerprint density at radius 2 is 1.74 bits per heavy atom. The van der Waals surface area contributed by atoms with E-state index in [4.69, 9.17) is 9.47 Å². The summed E-state index contributed by atoms with van der Waals surface area (Å²) in [4.78, 5) is 12.1. The van der Waals surface area contributed by atoms with E-state index >= 15 is 0 Å². The van der Waals surface area contributed by atoms with E-state index in [1.807, 2.05) is 25.1 Å². The molecule has 27 heavy (non-hydrogen) atoms. The number of carbonyl (C=O) groups excluding carboxylic acids is 1. The van der Waals surface area contributed by atoms with Gasteiger partial charge in [-0.15, -0.1) is 0 Å². The van der Waals surface area contributed by atoms with Crippen LogP contribution in [0.5, 0.6) is 11.5 Å². The number of benzene rings is 2. The minimum Gasteiger partial charge on any atom is -0.480 e. The number of carbonyl (C=O) groups is 1. The zero-order valence-electron chi connectivity index (χ0n) is 14.8. The molecule has 0 aliphatic heterocycles. The molecule has 0 aliphatic rings. The van der Waals surface area contributed by atoms with Gasteiger partial charge in [0.25, 0.3) is 5.91 Å². The highest BCUT2D eigenvalue weighted by molar-refractivity contribution is 5.91. The predicted molar refractivity (Wildman–Crippen MR) is 95.9 cm³/mol. The maximum Gasteiger partial charge on any atom is 0.422 e. The molecule has 0 radical (unpaired) electrons. The average Bonchev–Trinajstić information content (AvgIpc) is 2.63. The SMILES string of the molecule is CCNCc1cccc(NC(=O)COc2ccccc2OCC(F)(F)F)c1. The molecule has 2 aromatic rings. The van der Waals surface area contributed by atoms with Crippen molar-refractivity contribution in [3.63, 3.8) is 0 Å². The van der Waals surface area contributed by atoms with Gasteiger partial charge in [-0.1, -0.05) is 31.2 Å². The highest BCUT2D eigenvalue weighted by atomic mass is 19.4. The van der Waals surface area contributed by atoms with Crippen molar-refractivity contribution in [1.82, 2.24) is 5.32 Å². The van der Waals surface area contributed by atoms with Crippen LogP contribution < -0.4 is 20.1 Å². The van der Waals surface area contributed by atoms with Gasteiger partial charge in [0.1, 0.15) is 0 Å². The van der Waals surface area contributed by atoms with E-state index < -0.39 is 18.7 Å². The van der Waals surface area contributed by atoms with E-state index in [9.17, 15) is 18.0 Å². The Balaban J connectivity index is 1.90. The van der Waals surface area contributed by atoms with E-state index in [-0.39, 0.29) is 18.1 Å². The Morgan fingerprint density at radius 3 is 2.41 bits per heavy atom. The normalized spacial score (nSPS) is 11.1. The summed E-state index contributed by atoms with van der Waals surface area (Å²) in [5.41, 5.74) is 1.63. The fourth-order valence-corrected chi connectivity index (χ4v) is 2.22.